The summed E-state index contributed by atoms with van der Waals surface area (Å²) in [4.78, 5) is 174. The van der Waals surface area contributed by atoms with E-state index in [1.165, 1.54) is 30.6 Å². The van der Waals surface area contributed by atoms with E-state index in [4.69, 9.17) is 28.0 Å². The van der Waals surface area contributed by atoms with Crippen molar-refractivity contribution in [3.63, 3.8) is 0 Å². The van der Waals surface area contributed by atoms with Crippen molar-refractivity contribution in [3.8, 4) is 0 Å². The summed E-state index contributed by atoms with van der Waals surface area (Å²) in [6.45, 7) is 2.82. The minimum Gasteiger partial charge on any atom is -0.481 e. The Morgan fingerprint density at radius 2 is 1.30 bits per heavy atom. The summed E-state index contributed by atoms with van der Waals surface area (Å²) in [5.74, 6) is -9.71. The van der Waals surface area contributed by atoms with Crippen molar-refractivity contribution in [2.24, 2.45) is 28.9 Å². The zero-order chi connectivity index (χ0) is 73.7. The second kappa shape index (κ2) is 40.2. The summed E-state index contributed by atoms with van der Waals surface area (Å²) in [5.41, 5.74) is 26.0. The van der Waals surface area contributed by atoms with Gasteiger partial charge in [-0.2, -0.15) is 9.78 Å². The number of aromatic nitrogens is 3. The number of hydrogen-bond donors (Lipinski definition) is 16. The molecule has 0 bridgehead atoms. The summed E-state index contributed by atoms with van der Waals surface area (Å²) >= 11 is 1.24. The summed E-state index contributed by atoms with van der Waals surface area (Å²) in [7, 11) is 1.51. The van der Waals surface area contributed by atoms with E-state index in [-0.39, 0.29) is 88.6 Å². The van der Waals surface area contributed by atoms with E-state index < -0.39 is 152 Å². The first kappa shape index (κ1) is 79.8. The van der Waals surface area contributed by atoms with Crippen LogP contribution in [0, 0.1) is 5.92 Å². The average molecular weight is 1420 g/mol. The lowest BCUT2D eigenvalue weighted by atomic mass is 10.00. The Bertz CT molecular complexity index is 3730. The number of benzene rings is 3. The van der Waals surface area contributed by atoms with Crippen LogP contribution in [0.15, 0.2) is 107 Å². The van der Waals surface area contributed by atoms with Crippen LogP contribution in [-0.4, -0.2) is 208 Å². The maximum Gasteiger partial charge on any atom is 0.345 e. The van der Waals surface area contributed by atoms with Crippen molar-refractivity contribution in [2.45, 2.75) is 143 Å². The minimum atomic E-state index is -1.70. The third kappa shape index (κ3) is 24.6. The SMILES string of the molecule is CNC(=O)c1ccccc1Sc1ccc2c(/C=C/c3ccccn3)nn(C(=O)N(CCNC(=O)[C@@H](N)CCC(=O)O)CCC(=O)N[C@H]3CCNC(=O)[C@H]([C@@H](C)O)NC(=O)[C@H](CCN)NC(=O)[C@H](CCN)NC(=O)[C@H](CC(C)C)NC(=O)[C@@H](Cc4ccccc4)NC(=O)[C@H](CCN)NC3=O)c2c1. The van der Waals surface area contributed by atoms with Gasteiger partial charge in [0.25, 0.3) is 5.91 Å². The Balaban J connectivity index is 1.38. The third-order valence-corrected chi connectivity index (χ3v) is 17.1. The Kier molecular flexibility index (Phi) is 31.7. The normalized spacial score (nSPS) is 19.9. The summed E-state index contributed by atoms with van der Waals surface area (Å²) in [6.07, 6.45) is 1.08. The minimum absolute atomic E-state index is 0.0351. The first-order valence-corrected chi connectivity index (χ1v) is 34.0. The largest absolute Gasteiger partial charge is 0.481 e. The van der Waals surface area contributed by atoms with Crippen LogP contribution < -0.4 is 76.1 Å². The Morgan fingerprint density at radius 3 is 1.91 bits per heavy atom. The highest BCUT2D eigenvalue weighted by atomic mass is 32.2. The highest BCUT2D eigenvalue weighted by Crippen LogP contribution is 2.34. The first-order valence-electron chi connectivity index (χ1n) is 33.2. The molecule has 2 aromatic heterocycles. The van der Waals surface area contributed by atoms with Gasteiger partial charge in [-0.1, -0.05) is 74.1 Å². The van der Waals surface area contributed by atoms with Gasteiger partial charge < -0.3 is 91.2 Å². The van der Waals surface area contributed by atoms with E-state index in [0.717, 1.165) is 4.68 Å². The molecule has 32 nitrogen and oxygen atoms in total. The number of carboxylic acids is 1. The van der Waals surface area contributed by atoms with E-state index in [1.54, 1.807) is 123 Å². The number of carbonyl (C=O) groups excluding carboxylic acids is 11. The molecule has 0 unspecified atom stereocenters. The van der Waals surface area contributed by atoms with E-state index in [9.17, 15) is 63.0 Å². The summed E-state index contributed by atoms with van der Waals surface area (Å²) in [6, 6.07) is 13.5. The molecule has 544 valence electrons. The first-order chi connectivity index (χ1) is 48.3. The number of aliphatic hydroxyl groups excluding tert-OH is 1. The topological polar surface area (TPSA) is 504 Å². The van der Waals surface area contributed by atoms with Gasteiger partial charge in [-0.15, -0.1) is 0 Å². The van der Waals surface area contributed by atoms with E-state index in [0.29, 0.717) is 37.7 Å². The lowest BCUT2D eigenvalue weighted by Gasteiger charge is -2.28. The number of carboxylic acid groups (broad SMARTS) is 1. The second-order valence-corrected chi connectivity index (χ2v) is 25.5. The predicted molar refractivity (Wildman–Crippen MR) is 375 cm³/mol. The molecule has 11 amide bonds. The van der Waals surface area contributed by atoms with Crippen LogP contribution in [0.1, 0.15) is 99.4 Å². The number of nitrogens with zero attached hydrogens (tertiary/aromatic N) is 4. The summed E-state index contributed by atoms with van der Waals surface area (Å²) in [5, 5.41) is 51.6. The van der Waals surface area contributed by atoms with E-state index >= 15 is 4.79 Å². The number of nitrogens with one attached hydrogen (secondary N) is 10. The maximum absolute atomic E-state index is 15.3. The van der Waals surface area contributed by atoms with Gasteiger partial charge in [-0.05, 0) is 131 Å². The molecule has 9 atom stereocenters. The van der Waals surface area contributed by atoms with Crippen molar-refractivity contribution in [1.82, 2.24) is 72.8 Å². The Hall–Kier alpha value is -10.2. The fourth-order valence-corrected chi connectivity index (χ4v) is 11.7. The smallest absolute Gasteiger partial charge is 0.345 e. The third-order valence-electron chi connectivity index (χ3n) is 16.1. The molecule has 1 aliphatic heterocycles. The molecular formula is C68H92N18O14S. The zero-order valence-electron chi connectivity index (χ0n) is 56.8. The Morgan fingerprint density at radius 1 is 0.703 bits per heavy atom. The van der Waals surface area contributed by atoms with Crippen LogP contribution in [-0.2, 0) is 54.4 Å². The molecule has 1 aliphatic rings. The average Bonchev–Trinajstić information content (AvgIpc) is 1.64. The number of rotatable bonds is 27. The molecule has 5 aromatic rings. The molecule has 0 radical (unpaired) electrons. The number of pyridine rings is 1. The molecule has 6 rings (SSSR count). The fourth-order valence-electron chi connectivity index (χ4n) is 10.7. The highest BCUT2D eigenvalue weighted by molar-refractivity contribution is 7.99. The van der Waals surface area contributed by atoms with Gasteiger partial charge in [0.1, 0.15) is 42.3 Å². The zero-order valence-corrected chi connectivity index (χ0v) is 57.6. The second-order valence-electron chi connectivity index (χ2n) is 24.4. The maximum atomic E-state index is 15.3. The van der Waals surface area contributed by atoms with Crippen LogP contribution in [0.2, 0.25) is 0 Å². The number of amides is 11. The van der Waals surface area contributed by atoms with Gasteiger partial charge in [-0.25, -0.2) is 4.79 Å². The van der Waals surface area contributed by atoms with Crippen LogP contribution in [0.5, 0.6) is 0 Å². The van der Waals surface area contributed by atoms with E-state index in [1.807, 2.05) is 0 Å². The lowest BCUT2D eigenvalue weighted by molar-refractivity contribution is -0.137. The van der Waals surface area contributed by atoms with Gasteiger partial charge >= 0.3 is 12.0 Å². The molecule has 0 saturated carbocycles. The van der Waals surface area contributed by atoms with Crippen molar-refractivity contribution in [1.29, 1.82) is 0 Å². The van der Waals surface area contributed by atoms with Gasteiger partial charge in [0.05, 0.1) is 34.6 Å². The van der Waals surface area contributed by atoms with Crippen molar-refractivity contribution in [2.75, 3.05) is 52.9 Å². The van der Waals surface area contributed by atoms with Crippen LogP contribution in [0.4, 0.5) is 4.79 Å². The van der Waals surface area contributed by atoms with Gasteiger partial charge in [0.2, 0.25) is 53.2 Å². The Labute approximate surface area is 588 Å². The number of nitrogens with two attached hydrogens (primary N) is 4. The molecule has 1 fully saturated rings. The molecule has 0 aliphatic carbocycles. The standard InChI is InChI=1S/C68H92N18O14S/c1-39(2)36-52-65(97)80-48(23-28-69)61(93)79-50(25-30-71)64(96)83-58(40(3)87)67(99)75-32-26-51(63(95)78-49(24-29-70)62(94)82-53(66(98)81-52)37-41-12-6-5-7-13-41)77-56(88)27-34-85(35-33-76-60(92)46(72)20-22-57(89)90)68(100)86-54-38-43(101-55-16-9-8-15-45(55)59(91)73-4)18-19-44(54)47(84-86)21-17-42-14-10-11-31-74-42/h5-19,21,31,38-40,46,48-53,58,87H,20,22-30,32-37,69-72H2,1-4H3,(H,73,91)(H,75,99)(H,76,92)(H,77,88)(H,78,95)(H,79,93)(H,80,97)(H,81,98)(H,82,94)(H,83,96)(H,89,90)/b21-17+/t40-,46+,48+,49+,50+,51+,52+,53-,58+/m1/s1. The molecule has 3 heterocycles. The van der Waals surface area contributed by atoms with Crippen molar-refractivity contribution >= 4 is 106 Å². The predicted octanol–water partition coefficient (Wildman–Crippen LogP) is -1.29. The molecule has 101 heavy (non-hydrogen) atoms. The number of fused-ring (bicyclic) bond motifs is 1. The van der Waals surface area contributed by atoms with Gasteiger partial charge in [0.15, 0.2) is 0 Å². The van der Waals surface area contributed by atoms with Crippen LogP contribution >= 0.6 is 11.8 Å². The van der Waals surface area contributed by atoms with Gasteiger partial charge in [0, 0.05) is 73.9 Å². The number of hydrogen-bond acceptors (Lipinski definition) is 20. The molecular weight excluding hydrogens is 1320 g/mol. The highest BCUT2D eigenvalue weighted by Gasteiger charge is 2.36. The number of carbonyl (C=O) groups is 12. The van der Waals surface area contributed by atoms with Gasteiger partial charge in [-0.3, -0.25) is 57.7 Å². The van der Waals surface area contributed by atoms with Crippen molar-refractivity contribution in [3.05, 3.63) is 120 Å². The van der Waals surface area contributed by atoms with Crippen molar-refractivity contribution < 1.29 is 67.7 Å². The van der Waals surface area contributed by atoms with Crippen LogP contribution in [0.3, 0.4) is 0 Å². The molecule has 20 N–H and O–H groups in total. The monoisotopic (exact) mass is 1420 g/mol. The molecule has 33 heteroatoms. The van der Waals surface area contributed by atoms with E-state index in [2.05, 4.69) is 58.2 Å². The molecule has 1 saturated heterocycles. The quantitative estimate of drug-likeness (QED) is 0.0291. The molecule has 0 spiro atoms. The number of aliphatic hydroxyl groups is 1. The fraction of sp³-hybridized carbons (Fsp3) is 0.441. The van der Waals surface area contributed by atoms with Crippen LogP contribution in [0.25, 0.3) is 23.1 Å². The lowest BCUT2D eigenvalue weighted by Crippen LogP contribution is -2.61. The number of aliphatic carboxylic acids is 1. The summed E-state index contributed by atoms with van der Waals surface area (Å²) < 4.78 is 1.10. The molecule has 3 aromatic carbocycles.